The molecule has 0 saturated carbocycles. The number of amides is 1. The van der Waals surface area contributed by atoms with Gasteiger partial charge in [-0.2, -0.15) is 0 Å². The van der Waals surface area contributed by atoms with Gasteiger partial charge >= 0.3 is 0 Å². The summed E-state index contributed by atoms with van der Waals surface area (Å²) in [5.74, 6) is 0. The van der Waals surface area contributed by atoms with E-state index < -0.39 is 0 Å². The predicted octanol–water partition coefficient (Wildman–Crippen LogP) is 0.634. The van der Waals surface area contributed by atoms with Gasteiger partial charge in [0.05, 0.1) is 0 Å². The molecule has 64 valence electrons. The molecule has 0 aliphatic heterocycles. The van der Waals surface area contributed by atoms with Gasteiger partial charge in [-0.25, -0.2) is 0 Å². The molecule has 0 spiro atoms. The van der Waals surface area contributed by atoms with Crippen molar-refractivity contribution in [1.29, 1.82) is 0 Å². The second-order valence-corrected chi connectivity index (χ2v) is 2.59. The molecule has 0 fully saturated rings. The maximum absolute atomic E-state index is 9.94. The summed E-state index contributed by atoms with van der Waals surface area (Å²) in [6.07, 6.45) is 2.49. The molecule has 0 radical (unpaired) electrons. The predicted molar refractivity (Wildman–Crippen MR) is 46.1 cm³/mol. The van der Waals surface area contributed by atoms with E-state index in [2.05, 4.69) is 24.1 Å². The first kappa shape index (κ1) is 10.2. The summed E-state index contributed by atoms with van der Waals surface area (Å²) in [5, 5.41) is 5.63. The summed E-state index contributed by atoms with van der Waals surface area (Å²) in [7, 11) is 1.92. The highest BCUT2D eigenvalue weighted by atomic mass is 16.1. The van der Waals surface area contributed by atoms with Crippen LogP contribution in [0.5, 0.6) is 0 Å². The Morgan fingerprint density at radius 3 is 2.82 bits per heavy atom. The number of carbonyl (C=O) groups is 1. The van der Waals surface area contributed by atoms with Crippen molar-refractivity contribution >= 4 is 6.41 Å². The van der Waals surface area contributed by atoms with E-state index in [1.807, 2.05) is 7.05 Å². The molecule has 11 heavy (non-hydrogen) atoms. The van der Waals surface area contributed by atoms with Gasteiger partial charge in [0.15, 0.2) is 0 Å². The van der Waals surface area contributed by atoms with E-state index in [1.54, 1.807) is 0 Å². The molecule has 3 nitrogen and oxygen atoms in total. The summed E-state index contributed by atoms with van der Waals surface area (Å²) < 4.78 is 0. The van der Waals surface area contributed by atoms with Crippen LogP contribution in [-0.2, 0) is 4.79 Å². The van der Waals surface area contributed by atoms with Crippen molar-refractivity contribution in [2.24, 2.45) is 0 Å². The summed E-state index contributed by atoms with van der Waals surface area (Å²) in [4.78, 5) is 9.94. The van der Waals surface area contributed by atoms with Gasteiger partial charge in [-0.05, 0) is 26.8 Å². The van der Waals surface area contributed by atoms with E-state index in [-0.39, 0.29) is 0 Å². The van der Waals surface area contributed by atoms with Gasteiger partial charge < -0.3 is 10.6 Å². The molecule has 0 aromatic heterocycles. The van der Waals surface area contributed by atoms with Crippen molar-refractivity contribution in [3.8, 4) is 0 Å². The summed E-state index contributed by atoms with van der Waals surface area (Å²) in [6.45, 7) is 5.77. The Kier molecular flexibility index (Phi) is 5.47. The lowest BCUT2D eigenvalue weighted by Gasteiger charge is -2.09. The highest BCUT2D eigenvalue weighted by Gasteiger charge is 1.98. The minimum Gasteiger partial charge on any atom is -0.333 e. The third-order valence-electron chi connectivity index (χ3n) is 1.63. The third-order valence-corrected chi connectivity index (χ3v) is 1.63. The normalized spacial score (nSPS) is 12.2. The molecule has 0 aromatic rings. The zero-order valence-electron chi connectivity index (χ0n) is 7.18. The molecule has 3 heteroatoms. The molecular weight excluding hydrogens is 140 g/mol. The Morgan fingerprint density at radius 2 is 2.36 bits per heavy atom. The monoisotopic (exact) mass is 156 g/mol. The van der Waals surface area contributed by atoms with Crippen molar-refractivity contribution in [2.45, 2.75) is 25.8 Å². The molecule has 1 amide bonds. The van der Waals surface area contributed by atoms with Crippen LogP contribution in [0.1, 0.15) is 19.8 Å². The first-order valence-electron chi connectivity index (χ1n) is 3.76. The van der Waals surface area contributed by atoms with Crippen molar-refractivity contribution in [3.63, 3.8) is 0 Å². The quantitative estimate of drug-likeness (QED) is 0.554. The van der Waals surface area contributed by atoms with Crippen LogP contribution in [0.4, 0.5) is 0 Å². The van der Waals surface area contributed by atoms with Gasteiger partial charge in [0.1, 0.15) is 0 Å². The molecular formula is C8H16N2O. The van der Waals surface area contributed by atoms with Crippen LogP contribution in [0, 0.1) is 0 Å². The van der Waals surface area contributed by atoms with Gasteiger partial charge in [-0.3, -0.25) is 4.79 Å². The zero-order chi connectivity index (χ0) is 8.69. The van der Waals surface area contributed by atoms with Crippen LogP contribution < -0.4 is 10.6 Å². The van der Waals surface area contributed by atoms with Crippen LogP contribution in [0.15, 0.2) is 12.3 Å². The molecule has 0 rings (SSSR count). The summed E-state index contributed by atoms with van der Waals surface area (Å²) in [6, 6.07) is 0.472. The minimum atomic E-state index is 0.472. The Bertz CT molecular complexity index is 134. The SMILES string of the molecule is C=C(CCC(C)NC)NC=O. The zero-order valence-corrected chi connectivity index (χ0v) is 7.18. The van der Waals surface area contributed by atoms with Crippen molar-refractivity contribution < 1.29 is 4.79 Å². The number of nitrogens with one attached hydrogen (secondary N) is 2. The lowest BCUT2D eigenvalue weighted by molar-refractivity contribution is -0.108. The molecule has 0 aliphatic rings. The molecule has 0 saturated heterocycles. The second-order valence-electron chi connectivity index (χ2n) is 2.59. The largest absolute Gasteiger partial charge is 0.333 e. The fourth-order valence-electron chi connectivity index (χ4n) is 0.691. The van der Waals surface area contributed by atoms with Crippen molar-refractivity contribution in [2.75, 3.05) is 7.05 Å². The Morgan fingerprint density at radius 1 is 1.73 bits per heavy atom. The van der Waals surface area contributed by atoms with E-state index in [4.69, 9.17) is 0 Å². The molecule has 0 aliphatic carbocycles. The molecule has 0 heterocycles. The van der Waals surface area contributed by atoms with E-state index in [9.17, 15) is 4.79 Å². The number of allylic oxidation sites excluding steroid dienone is 1. The minimum absolute atomic E-state index is 0.472. The molecule has 2 N–H and O–H groups in total. The fourth-order valence-corrected chi connectivity index (χ4v) is 0.691. The number of hydrogen-bond donors (Lipinski definition) is 2. The number of hydrogen-bond acceptors (Lipinski definition) is 2. The van der Waals surface area contributed by atoms with Crippen LogP contribution in [0.25, 0.3) is 0 Å². The third kappa shape index (κ3) is 5.61. The maximum Gasteiger partial charge on any atom is 0.211 e. The van der Waals surface area contributed by atoms with Crippen LogP contribution in [-0.4, -0.2) is 19.5 Å². The smallest absolute Gasteiger partial charge is 0.211 e. The second kappa shape index (κ2) is 5.92. The highest BCUT2D eigenvalue weighted by Crippen LogP contribution is 2.00. The lowest BCUT2D eigenvalue weighted by atomic mass is 10.1. The summed E-state index contributed by atoms with van der Waals surface area (Å²) >= 11 is 0. The van der Waals surface area contributed by atoms with E-state index in [0.29, 0.717) is 12.5 Å². The van der Waals surface area contributed by atoms with Crippen LogP contribution in [0.3, 0.4) is 0 Å². The van der Waals surface area contributed by atoms with Gasteiger partial charge in [0.2, 0.25) is 6.41 Å². The summed E-state index contributed by atoms with van der Waals surface area (Å²) in [5.41, 5.74) is 0.780. The average Bonchev–Trinajstić information content (AvgIpc) is 2.01. The van der Waals surface area contributed by atoms with Crippen molar-refractivity contribution in [1.82, 2.24) is 10.6 Å². The Hall–Kier alpha value is -0.830. The molecule has 0 aromatic carbocycles. The first-order valence-corrected chi connectivity index (χ1v) is 3.76. The fraction of sp³-hybridized carbons (Fsp3) is 0.625. The average molecular weight is 156 g/mol. The van der Waals surface area contributed by atoms with E-state index in [1.165, 1.54) is 0 Å². The molecule has 1 unspecified atom stereocenters. The van der Waals surface area contributed by atoms with Gasteiger partial charge in [0.25, 0.3) is 0 Å². The van der Waals surface area contributed by atoms with Crippen LogP contribution in [0.2, 0.25) is 0 Å². The topological polar surface area (TPSA) is 41.1 Å². The Labute approximate surface area is 67.9 Å². The van der Waals surface area contributed by atoms with Gasteiger partial charge in [0, 0.05) is 11.7 Å². The highest BCUT2D eigenvalue weighted by molar-refractivity contribution is 5.49. The number of carbonyl (C=O) groups excluding carboxylic acids is 1. The molecule has 0 bridgehead atoms. The Balaban J connectivity index is 3.37. The van der Waals surface area contributed by atoms with Gasteiger partial charge in [-0.1, -0.05) is 6.58 Å². The van der Waals surface area contributed by atoms with Crippen molar-refractivity contribution in [3.05, 3.63) is 12.3 Å². The maximum atomic E-state index is 9.94. The lowest BCUT2D eigenvalue weighted by Crippen LogP contribution is -2.22. The van der Waals surface area contributed by atoms with Gasteiger partial charge in [-0.15, -0.1) is 0 Å². The van der Waals surface area contributed by atoms with E-state index in [0.717, 1.165) is 18.5 Å². The molecule has 1 atom stereocenters. The van der Waals surface area contributed by atoms with Crippen LogP contribution >= 0.6 is 0 Å². The first-order chi connectivity index (χ1) is 5.20. The van der Waals surface area contributed by atoms with E-state index >= 15 is 0 Å². The number of rotatable bonds is 6. The standard InChI is InChI=1S/C8H16N2O/c1-7(9-3)4-5-8(2)10-6-11/h6-7,9H,2,4-5H2,1,3H3,(H,10,11).